The van der Waals surface area contributed by atoms with Crippen LogP contribution in [-0.4, -0.2) is 33.3 Å². The highest BCUT2D eigenvalue weighted by atomic mass is 16.5. The van der Waals surface area contributed by atoms with E-state index < -0.39 is 0 Å². The van der Waals surface area contributed by atoms with E-state index in [-0.39, 0.29) is 5.91 Å². The van der Waals surface area contributed by atoms with Gasteiger partial charge in [0.15, 0.2) is 0 Å². The topological polar surface area (TPSA) is 73.6 Å². The van der Waals surface area contributed by atoms with Gasteiger partial charge in [0.25, 0.3) is 5.91 Å². The molecule has 0 radical (unpaired) electrons. The Morgan fingerprint density at radius 1 is 1.33 bits per heavy atom. The van der Waals surface area contributed by atoms with Crippen molar-refractivity contribution in [3.05, 3.63) is 23.8 Å². The van der Waals surface area contributed by atoms with E-state index in [1.165, 1.54) is 0 Å². The van der Waals surface area contributed by atoms with Gasteiger partial charge in [0.05, 0.1) is 12.7 Å². The van der Waals surface area contributed by atoms with Crippen LogP contribution >= 0.6 is 0 Å². The van der Waals surface area contributed by atoms with E-state index in [2.05, 4.69) is 5.32 Å². The van der Waals surface area contributed by atoms with Crippen LogP contribution < -0.4 is 15.8 Å². The van der Waals surface area contributed by atoms with Crippen LogP contribution in [0.3, 0.4) is 0 Å². The fraction of sp³-hybridized carbons (Fsp3) is 0.462. The molecule has 0 spiro atoms. The van der Waals surface area contributed by atoms with Gasteiger partial charge in [-0.05, 0) is 31.0 Å². The van der Waals surface area contributed by atoms with Gasteiger partial charge in [-0.2, -0.15) is 0 Å². The fourth-order valence-corrected chi connectivity index (χ4v) is 1.53. The molecule has 1 amide bonds. The summed E-state index contributed by atoms with van der Waals surface area (Å²) >= 11 is 0. The molecule has 0 unspecified atom stereocenters. The molecule has 0 aliphatic carbocycles. The van der Waals surface area contributed by atoms with Crippen molar-refractivity contribution in [2.75, 3.05) is 33.1 Å². The Labute approximate surface area is 107 Å². The fourth-order valence-electron chi connectivity index (χ4n) is 1.53. The molecule has 0 aromatic heterocycles. The Morgan fingerprint density at radius 3 is 2.78 bits per heavy atom. The number of nitrogens with two attached hydrogens (primary N) is 1. The Morgan fingerprint density at radius 2 is 2.11 bits per heavy atom. The maximum Gasteiger partial charge on any atom is 0.253 e. The number of hydrogen-bond acceptors (Lipinski definition) is 4. The second-order valence-corrected chi connectivity index (χ2v) is 3.91. The third-order valence-electron chi connectivity index (χ3n) is 2.57. The van der Waals surface area contributed by atoms with Crippen molar-refractivity contribution in [1.29, 1.82) is 0 Å². The predicted octanol–water partition coefficient (Wildman–Crippen LogP) is 1.43. The highest BCUT2D eigenvalue weighted by Crippen LogP contribution is 2.19. The van der Waals surface area contributed by atoms with Crippen molar-refractivity contribution >= 4 is 11.6 Å². The number of amides is 1. The summed E-state index contributed by atoms with van der Waals surface area (Å²) in [6.07, 6.45) is 1.80. The number of carbonyl (C=O) groups is 1. The molecule has 3 N–H and O–H groups in total. The summed E-state index contributed by atoms with van der Waals surface area (Å²) in [5.74, 6) is 0.442. The van der Waals surface area contributed by atoms with Gasteiger partial charge in [-0.15, -0.1) is 0 Å². The van der Waals surface area contributed by atoms with E-state index in [1.54, 1.807) is 32.4 Å². The molecule has 100 valence electrons. The molecule has 18 heavy (non-hydrogen) atoms. The lowest BCUT2D eigenvalue weighted by atomic mass is 10.1. The maximum absolute atomic E-state index is 11.9. The molecule has 5 heteroatoms. The highest BCUT2D eigenvalue weighted by molar-refractivity contribution is 5.99. The Balaban J connectivity index is 2.50. The SMILES string of the molecule is COCCCCNC(=O)c1cc(OC)ccc1N. The van der Waals surface area contributed by atoms with Crippen LogP contribution in [0.5, 0.6) is 5.75 Å². The summed E-state index contributed by atoms with van der Waals surface area (Å²) in [7, 11) is 3.22. The first-order valence-electron chi connectivity index (χ1n) is 5.89. The van der Waals surface area contributed by atoms with E-state index >= 15 is 0 Å². The van der Waals surface area contributed by atoms with E-state index in [9.17, 15) is 4.79 Å². The number of methoxy groups -OCH3 is 2. The van der Waals surface area contributed by atoms with Crippen LogP contribution in [0.25, 0.3) is 0 Å². The average molecular weight is 252 g/mol. The molecule has 0 saturated heterocycles. The van der Waals surface area contributed by atoms with Gasteiger partial charge in [0.2, 0.25) is 0 Å². The van der Waals surface area contributed by atoms with E-state index in [0.29, 0.717) is 30.2 Å². The zero-order chi connectivity index (χ0) is 13.4. The average Bonchev–Trinajstić information content (AvgIpc) is 2.39. The van der Waals surface area contributed by atoms with Gasteiger partial charge >= 0.3 is 0 Å². The minimum atomic E-state index is -0.177. The lowest BCUT2D eigenvalue weighted by Crippen LogP contribution is -2.25. The number of carbonyl (C=O) groups excluding carboxylic acids is 1. The van der Waals surface area contributed by atoms with Gasteiger partial charge in [0.1, 0.15) is 5.75 Å². The van der Waals surface area contributed by atoms with Crippen molar-refractivity contribution < 1.29 is 14.3 Å². The molecule has 5 nitrogen and oxygen atoms in total. The Kier molecular flexibility index (Phi) is 6.00. The smallest absolute Gasteiger partial charge is 0.253 e. The van der Waals surface area contributed by atoms with Gasteiger partial charge in [-0.1, -0.05) is 0 Å². The molecule has 0 saturated carbocycles. The van der Waals surface area contributed by atoms with Crippen LogP contribution in [0.2, 0.25) is 0 Å². The van der Waals surface area contributed by atoms with E-state index in [4.69, 9.17) is 15.2 Å². The Hall–Kier alpha value is -1.75. The number of rotatable bonds is 7. The zero-order valence-electron chi connectivity index (χ0n) is 10.9. The largest absolute Gasteiger partial charge is 0.497 e. The summed E-state index contributed by atoms with van der Waals surface area (Å²) in [5, 5.41) is 2.82. The second-order valence-electron chi connectivity index (χ2n) is 3.91. The first kappa shape index (κ1) is 14.3. The molecule has 0 fully saturated rings. The molecular formula is C13H20N2O3. The van der Waals surface area contributed by atoms with Crippen molar-refractivity contribution in [3.8, 4) is 5.75 Å². The summed E-state index contributed by atoms with van der Waals surface area (Å²) in [4.78, 5) is 11.9. The minimum Gasteiger partial charge on any atom is -0.497 e. The number of anilines is 1. The summed E-state index contributed by atoms with van der Waals surface area (Å²) < 4.78 is 10.00. The molecule has 1 rings (SSSR count). The Bertz CT molecular complexity index is 394. The summed E-state index contributed by atoms with van der Waals surface area (Å²) in [6.45, 7) is 1.32. The first-order chi connectivity index (χ1) is 8.69. The number of hydrogen-bond donors (Lipinski definition) is 2. The molecule has 0 bridgehead atoms. The molecular weight excluding hydrogens is 232 g/mol. The van der Waals surface area contributed by atoms with Crippen molar-refractivity contribution in [3.63, 3.8) is 0 Å². The number of ether oxygens (including phenoxy) is 2. The van der Waals surface area contributed by atoms with Gasteiger partial charge in [0, 0.05) is 25.9 Å². The van der Waals surface area contributed by atoms with Gasteiger partial charge in [-0.25, -0.2) is 0 Å². The third-order valence-corrected chi connectivity index (χ3v) is 2.57. The predicted molar refractivity (Wildman–Crippen MR) is 70.8 cm³/mol. The van der Waals surface area contributed by atoms with Gasteiger partial charge in [-0.3, -0.25) is 4.79 Å². The van der Waals surface area contributed by atoms with Crippen molar-refractivity contribution in [2.45, 2.75) is 12.8 Å². The summed E-state index contributed by atoms with van der Waals surface area (Å²) in [5.41, 5.74) is 6.66. The van der Waals surface area contributed by atoms with Crippen molar-refractivity contribution in [1.82, 2.24) is 5.32 Å². The lowest BCUT2D eigenvalue weighted by Gasteiger charge is -2.09. The molecule has 0 atom stereocenters. The molecule has 1 aromatic carbocycles. The third kappa shape index (κ3) is 4.25. The standard InChI is InChI=1S/C13H20N2O3/c1-17-8-4-3-7-15-13(16)11-9-10(18-2)5-6-12(11)14/h5-6,9H,3-4,7-8,14H2,1-2H3,(H,15,16). The van der Waals surface area contributed by atoms with E-state index in [1.807, 2.05) is 0 Å². The molecule has 0 aliphatic heterocycles. The first-order valence-corrected chi connectivity index (χ1v) is 5.89. The maximum atomic E-state index is 11.9. The molecule has 0 heterocycles. The minimum absolute atomic E-state index is 0.177. The van der Waals surface area contributed by atoms with Crippen LogP contribution in [0.15, 0.2) is 18.2 Å². The van der Waals surface area contributed by atoms with E-state index in [0.717, 1.165) is 12.8 Å². The molecule has 0 aliphatic rings. The zero-order valence-corrected chi connectivity index (χ0v) is 10.9. The lowest BCUT2D eigenvalue weighted by molar-refractivity contribution is 0.0952. The number of unbranched alkanes of at least 4 members (excludes halogenated alkanes) is 1. The van der Waals surface area contributed by atoms with Gasteiger partial charge < -0.3 is 20.5 Å². The quantitative estimate of drug-likeness (QED) is 0.569. The number of benzene rings is 1. The van der Waals surface area contributed by atoms with Crippen LogP contribution in [0, 0.1) is 0 Å². The van der Waals surface area contributed by atoms with Crippen LogP contribution in [0.4, 0.5) is 5.69 Å². The second kappa shape index (κ2) is 7.55. The molecule has 1 aromatic rings. The monoisotopic (exact) mass is 252 g/mol. The summed E-state index contributed by atoms with van der Waals surface area (Å²) in [6, 6.07) is 5.03. The van der Waals surface area contributed by atoms with Crippen molar-refractivity contribution in [2.24, 2.45) is 0 Å². The number of nitrogens with one attached hydrogen (secondary N) is 1. The van der Waals surface area contributed by atoms with Crippen LogP contribution in [-0.2, 0) is 4.74 Å². The van der Waals surface area contributed by atoms with Crippen LogP contribution in [0.1, 0.15) is 23.2 Å². The normalized spacial score (nSPS) is 10.1. The number of nitrogen functional groups attached to an aromatic ring is 1. The highest BCUT2D eigenvalue weighted by Gasteiger charge is 2.10.